The van der Waals surface area contributed by atoms with E-state index in [9.17, 15) is 5.11 Å². The minimum atomic E-state index is -0.275. The summed E-state index contributed by atoms with van der Waals surface area (Å²) in [5, 5.41) is 10.0. The molecule has 0 saturated carbocycles. The fourth-order valence-corrected chi connectivity index (χ4v) is 2.08. The van der Waals surface area contributed by atoms with Gasteiger partial charge in [0, 0.05) is 0 Å². The summed E-state index contributed by atoms with van der Waals surface area (Å²) >= 11 is 0. The first-order valence-corrected chi connectivity index (χ1v) is 7.04. The van der Waals surface area contributed by atoms with Crippen molar-refractivity contribution in [2.24, 2.45) is 0 Å². The Hall–Kier alpha value is -0.820. The number of aliphatic hydroxyl groups excluding tert-OH is 1. The van der Waals surface area contributed by atoms with Crippen molar-refractivity contribution in [3.8, 4) is 0 Å². The predicted octanol–water partition coefficient (Wildman–Crippen LogP) is 4.64. The second kappa shape index (κ2) is 8.30. The van der Waals surface area contributed by atoms with Crippen molar-refractivity contribution >= 4 is 0 Å². The summed E-state index contributed by atoms with van der Waals surface area (Å²) in [6.45, 7) is 4.38. The number of benzene rings is 1. The molecule has 0 aliphatic rings. The standard InChI is InChI=1S/C16H26O/c1-3-5-6-7-8-9-16(17)15-12-10-14(4-2)11-13-15/h10-13,16-17H,3-9H2,1-2H3. The van der Waals surface area contributed by atoms with Gasteiger partial charge in [0.2, 0.25) is 0 Å². The van der Waals surface area contributed by atoms with Crippen LogP contribution in [0.3, 0.4) is 0 Å². The van der Waals surface area contributed by atoms with E-state index in [0.717, 1.165) is 24.8 Å². The van der Waals surface area contributed by atoms with E-state index in [2.05, 4.69) is 38.1 Å². The smallest absolute Gasteiger partial charge is 0.0790 e. The molecule has 1 rings (SSSR count). The summed E-state index contributed by atoms with van der Waals surface area (Å²) in [4.78, 5) is 0. The molecular formula is C16H26O. The zero-order valence-electron chi connectivity index (χ0n) is 11.3. The van der Waals surface area contributed by atoms with Crippen LogP contribution in [0.1, 0.15) is 69.6 Å². The molecule has 0 amide bonds. The summed E-state index contributed by atoms with van der Waals surface area (Å²) in [5.41, 5.74) is 2.40. The molecule has 0 fully saturated rings. The number of unbranched alkanes of at least 4 members (excludes halogenated alkanes) is 4. The first-order valence-electron chi connectivity index (χ1n) is 7.04. The SMILES string of the molecule is CCCCCCCC(O)c1ccc(CC)cc1. The Labute approximate surface area is 106 Å². The molecule has 1 N–H and O–H groups in total. The second-order valence-electron chi connectivity index (χ2n) is 4.81. The van der Waals surface area contributed by atoms with E-state index in [0.29, 0.717) is 0 Å². The average Bonchev–Trinajstić information content (AvgIpc) is 2.38. The van der Waals surface area contributed by atoms with Gasteiger partial charge >= 0.3 is 0 Å². The minimum absolute atomic E-state index is 0.275. The average molecular weight is 234 g/mol. The van der Waals surface area contributed by atoms with Gasteiger partial charge in [0.05, 0.1) is 6.10 Å². The van der Waals surface area contributed by atoms with Crippen molar-refractivity contribution in [1.82, 2.24) is 0 Å². The maximum Gasteiger partial charge on any atom is 0.0790 e. The lowest BCUT2D eigenvalue weighted by molar-refractivity contribution is 0.163. The monoisotopic (exact) mass is 234 g/mol. The molecule has 0 bridgehead atoms. The highest BCUT2D eigenvalue weighted by Crippen LogP contribution is 2.20. The van der Waals surface area contributed by atoms with Crippen molar-refractivity contribution < 1.29 is 5.11 Å². The summed E-state index contributed by atoms with van der Waals surface area (Å²) in [7, 11) is 0. The van der Waals surface area contributed by atoms with E-state index in [4.69, 9.17) is 0 Å². The Balaban J connectivity index is 2.28. The molecule has 0 heterocycles. The van der Waals surface area contributed by atoms with Crippen LogP contribution in [0.4, 0.5) is 0 Å². The quantitative estimate of drug-likeness (QED) is 0.649. The van der Waals surface area contributed by atoms with Crippen LogP contribution in [0.2, 0.25) is 0 Å². The number of rotatable bonds is 8. The highest BCUT2D eigenvalue weighted by molar-refractivity contribution is 5.23. The molecule has 1 heteroatoms. The Kier molecular flexibility index (Phi) is 6.95. The van der Waals surface area contributed by atoms with Crippen molar-refractivity contribution in [2.75, 3.05) is 0 Å². The molecule has 17 heavy (non-hydrogen) atoms. The Bertz CT molecular complexity index is 289. The van der Waals surface area contributed by atoms with E-state index in [-0.39, 0.29) is 6.10 Å². The number of aryl methyl sites for hydroxylation is 1. The fourth-order valence-electron chi connectivity index (χ4n) is 2.08. The third-order valence-electron chi connectivity index (χ3n) is 3.35. The van der Waals surface area contributed by atoms with Gasteiger partial charge in [-0.05, 0) is 24.0 Å². The molecule has 0 aliphatic carbocycles. The Morgan fingerprint density at radius 3 is 2.18 bits per heavy atom. The van der Waals surface area contributed by atoms with Crippen molar-refractivity contribution in [2.45, 2.75) is 64.9 Å². The van der Waals surface area contributed by atoms with Crippen LogP contribution in [0.15, 0.2) is 24.3 Å². The summed E-state index contributed by atoms with van der Waals surface area (Å²) in [5.74, 6) is 0. The number of hydrogen-bond donors (Lipinski definition) is 1. The van der Waals surface area contributed by atoms with E-state index in [1.807, 2.05) is 0 Å². The van der Waals surface area contributed by atoms with Gasteiger partial charge in [0.25, 0.3) is 0 Å². The summed E-state index contributed by atoms with van der Waals surface area (Å²) in [6.07, 6.45) is 7.97. The normalized spacial score (nSPS) is 12.6. The molecule has 1 aromatic carbocycles. The van der Waals surface area contributed by atoms with Crippen molar-refractivity contribution in [3.05, 3.63) is 35.4 Å². The molecule has 0 aliphatic heterocycles. The van der Waals surface area contributed by atoms with Crippen molar-refractivity contribution in [3.63, 3.8) is 0 Å². The van der Waals surface area contributed by atoms with Gasteiger partial charge in [-0.2, -0.15) is 0 Å². The van der Waals surface area contributed by atoms with Gasteiger partial charge in [0.1, 0.15) is 0 Å². The van der Waals surface area contributed by atoms with Crippen LogP contribution in [0, 0.1) is 0 Å². The topological polar surface area (TPSA) is 20.2 Å². The molecule has 0 radical (unpaired) electrons. The number of aliphatic hydroxyl groups is 1. The highest BCUT2D eigenvalue weighted by atomic mass is 16.3. The van der Waals surface area contributed by atoms with E-state index in [1.165, 1.54) is 31.2 Å². The van der Waals surface area contributed by atoms with Crippen LogP contribution < -0.4 is 0 Å². The number of hydrogen-bond acceptors (Lipinski definition) is 1. The second-order valence-corrected chi connectivity index (χ2v) is 4.81. The lowest BCUT2D eigenvalue weighted by Crippen LogP contribution is -1.97. The minimum Gasteiger partial charge on any atom is -0.388 e. The Morgan fingerprint density at radius 2 is 1.59 bits per heavy atom. The first-order chi connectivity index (χ1) is 8.27. The van der Waals surface area contributed by atoms with Gasteiger partial charge in [0.15, 0.2) is 0 Å². The maximum atomic E-state index is 10.0. The van der Waals surface area contributed by atoms with E-state index < -0.39 is 0 Å². The molecule has 0 saturated heterocycles. The van der Waals surface area contributed by atoms with Gasteiger partial charge in [-0.15, -0.1) is 0 Å². The zero-order chi connectivity index (χ0) is 12.5. The van der Waals surface area contributed by atoms with Gasteiger partial charge in [-0.1, -0.05) is 70.2 Å². The molecule has 0 spiro atoms. The largest absolute Gasteiger partial charge is 0.388 e. The molecule has 1 atom stereocenters. The first kappa shape index (κ1) is 14.2. The molecule has 0 aromatic heterocycles. The van der Waals surface area contributed by atoms with Crippen LogP contribution in [0.5, 0.6) is 0 Å². The molecule has 1 nitrogen and oxygen atoms in total. The van der Waals surface area contributed by atoms with Crippen molar-refractivity contribution in [1.29, 1.82) is 0 Å². The van der Waals surface area contributed by atoms with E-state index >= 15 is 0 Å². The van der Waals surface area contributed by atoms with Crippen LogP contribution in [-0.2, 0) is 6.42 Å². The van der Waals surface area contributed by atoms with Gasteiger partial charge in [-0.25, -0.2) is 0 Å². The van der Waals surface area contributed by atoms with E-state index in [1.54, 1.807) is 0 Å². The third kappa shape index (κ3) is 5.36. The molecule has 96 valence electrons. The lowest BCUT2D eigenvalue weighted by Gasteiger charge is -2.11. The fraction of sp³-hybridized carbons (Fsp3) is 0.625. The molecule has 1 aromatic rings. The maximum absolute atomic E-state index is 10.0. The molecular weight excluding hydrogens is 208 g/mol. The van der Waals surface area contributed by atoms with Gasteiger partial charge < -0.3 is 5.11 Å². The summed E-state index contributed by atoms with van der Waals surface area (Å²) in [6, 6.07) is 8.37. The van der Waals surface area contributed by atoms with Crippen LogP contribution >= 0.6 is 0 Å². The third-order valence-corrected chi connectivity index (χ3v) is 3.35. The Morgan fingerprint density at radius 1 is 0.941 bits per heavy atom. The molecule has 1 unspecified atom stereocenters. The summed E-state index contributed by atoms with van der Waals surface area (Å²) < 4.78 is 0. The van der Waals surface area contributed by atoms with Gasteiger partial charge in [-0.3, -0.25) is 0 Å². The zero-order valence-corrected chi connectivity index (χ0v) is 11.3. The van der Waals surface area contributed by atoms with Crippen LogP contribution in [-0.4, -0.2) is 5.11 Å². The predicted molar refractivity (Wildman–Crippen MR) is 74.2 cm³/mol. The van der Waals surface area contributed by atoms with Crippen LogP contribution in [0.25, 0.3) is 0 Å². The lowest BCUT2D eigenvalue weighted by atomic mass is 10.0. The highest BCUT2D eigenvalue weighted by Gasteiger charge is 2.06.